The highest BCUT2D eigenvalue weighted by molar-refractivity contribution is 7.86. The topological polar surface area (TPSA) is 96.8 Å². The van der Waals surface area contributed by atoms with Crippen LogP contribution in [0.25, 0.3) is 5.52 Å². The predicted octanol–water partition coefficient (Wildman–Crippen LogP) is 3.53. The van der Waals surface area contributed by atoms with E-state index in [4.69, 9.17) is 16.7 Å². The highest BCUT2D eigenvalue weighted by Crippen LogP contribution is 2.52. The number of halogens is 4. The van der Waals surface area contributed by atoms with Crippen molar-refractivity contribution < 1.29 is 21.6 Å². The van der Waals surface area contributed by atoms with Gasteiger partial charge in [-0.3, -0.25) is 0 Å². The molecule has 0 unspecified atom stereocenters. The number of nitrogens with zero attached hydrogens (tertiary/aromatic N) is 5. The van der Waals surface area contributed by atoms with Gasteiger partial charge in [-0.1, -0.05) is 25.4 Å². The van der Waals surface area contributed by atoms with Crippen molar-refractivity contribution in [2.24, 2.45) is 10.6 Å². The fourth-order valence-electron chi connectivity index (χ4n) is 4.66. The molecule has 1 saturated heterocycles. The van der Waals surface area contributed by atoms with Gasteiger partial charge in [0.25, 0.3) is 10.2 Å². The molecular formula is C19H28ClF3N6O2S. The molecule has 2 aliphatic rings. The maximum atomic E-state index is 12.4. The molecule has 0 aromatic carbocycles. The standard InChI is InChI=1S/C17H22ClF3N6O2S.C2H6/c1-11-5-13(18)27-14(11)15(23-10-24-27)25-8-16(9-25)6-12(7-16)26(30(22,28)29)4-2-3-17(19,20)21;1-2/h5,10,12H,2-4,6-9H2,1H3,(H2,22,28,29);1-2H3. The molecule has 2 aromatic heterocycles. The molecule has 4 rings (SSSR count). The van der Waals surface area contributed by atoms with E-state index in [1.807, 2.05) is 26.8 Å². The molecule has 0 atom stereocenters. The minimum absolute atomic E-state index is 0.0795. The van der Waals surface area contributed by atoms with E-state index in [0.29, 0.717) is 31.1 Å². The van der Waals surface area contributed by atoms with Crippen LogP contribution in [-0.2, 0) is 10.2 Å². The summed E-state index contributed by atoms with van der Waals surface area (Å²) in [7, 11) is -4.06. The second-order valence-electron chi connectivity index (χ2n) is 8.29. The van der Waals surface area contributed by atoms with Gasteiger partial charge in [0.15, 0.2) is 5.82 Å². The third-order valence-corrected chi connectivity index (χ3v) is 7.35. The Balaban J connectivity index is 0.00000141. The number of rotatable bonds is 6. The number of hydrogen-bond donors (Lipinski definition) is 1. The van der Waals surface area contributed by atoms with Gasteiger partial charge in [0, 0.05) is 37.5 Å². The first-order chi connectivity index (χ1) is 14.9. The van der Waals surface area contributed by atoms with Crippen LogP contribution in [0.4, 0.5) is 19.0 Å². The van der Waals surface area contributed by atoms with Crippen molar-refractivity contribution in [3.63, 3.8) is 0 Å². The zero-order valence-corrected chi connectivity index (χ0v) is 19.8. The van der Waals surface area contributed by atoms with E-state index in [1.165, 1.54) is 6.33 Å². The van der Waals surface area contributed by atoms with Crippen molar-refractivity contribution in [2.75, 3.05) is 24.5 Å². The van der Waals surface area contributed by atoms with E-state index in [0.717, 1.165) is 21.2 Å². The van der Waals surface area contributed by atoms with Gasteiger partial charge in [-0.05, 0) is 37.8 Å². The van der Waals surface area contributed by atoms with Crippen LogP contribution in [0.2, 0.25) is 5.15 Å². The van der Waals surface area contributed by atoms with E-state index >= 15 is 0 Å². The summed E-state index contributed by atoms with van der Waals surface area (Å²) < 4.78 is 63.6. The summed E-state index contributed by atoms with van der Waals surface area (Å²) in [6.07, 6.45) is -3.09. The van der Waals surface area contributed by atoms with E-state index in [2.05, 4.69) is 15.0 Å². The quantitative estimate of drug-likeness (QED) is 0.659. The summed E-state index contributed by atoms with van der Waals surface area (Å²) in [6, 6.07) is 1.44. The van der Waals surface area contributed by atoms with Gasteiger partial charge in [-0.25, -0.2) is 14.6 Å². The Hall–Kier alpha value is -1.63. The highest BCUT2D eigenvalue weighted by atomic mass is 35.5. The number of aryl methyl sites for hydroxylation is 1. The van der Waals surface area contributed by atoms with Gasteiger partial charge < -0.3 is 4.90 Å². The molecule has 13 heteroatoms. The summed E-state index contributed by atoms with van der Waals surface area (Å²) in [5.74, 6) is 0.761. The average Bonchev–Trinajstić information content (AvgIpc) is 2.92. The number of nitrogens with two attached hydrogens (primary N) is 1. The second-order valence-corrected chi connectivity index (χ2v) is 10.2. The average molecular weight is 497 g/mol. The lowest BCUT2D eigenvalue weighted by Gasteiger charge is -2.60. The molecule has 1 aliphatic carbocycles. The minimum Gasteiger partial charge on any atom is -0.354 e. The number of alkyl halides is 3. The molecule has 3 heterocycles. The zero-order chi connectivity index (χ0) is 23.9. The molecule has 2 fully saturated rings. The predicted molar refractivity (Wildman–Crippen MR) is 117 cm³/mol. The second kappa shape index (κ2) is 8.96. The Morgan fingerprint density at radius 2 is 1.94 bits per heavy atom. The fourth-order valence-corrected chi connectivity index (χ4v) is 5.90. The molecule has 32 heavy (non-hydrogen) atoms. The Morgan fingerprint density at radius 3 is 2.50 bits per heavy atom. The lowest BCUT2D eigenvalue weighted by molar-refractivity contribution is -0.136. The van der Waals surface area contributed by atoms with Crippen molar-refractivity contribution in [3.8, 4) is 0 Å². The molecule has 0 amide bonds. The van der Waals surface area contributed by atoms with Crippen molar-refractivity contribution in [1.82, 2.24) is 18.9 Å². The van der Waals surface area contributed by atoms with Gasteiger partial charge in [0.05, 0.1) is 0 Å². The maximum Gasteiger partial charge on any atom is 0.389 e. The van der Waals surface area contributed by atoms with Crippen LogP contribution in [0.1, 0.15) is 45.1 Å². The Morgan fingerprint density at radius 1 is 1.31 bits per heavy atom. The molecule has 180 valence electrons. The fraction of sp³-hybridized carbons (Fsp3) is 0.684. The van der Waals surface area contributed by atoms with Crippen LogP contribution in [-0.4, -0.2) is 59.2 Å². The van der Waals surface area contributed by atoms with Crippen molar-refractivity contribution in [1.29, 1.82) is 0 Å². The summed E-state index contributed by atoms with van der Waals surface area (Å²) in [6.45, 7) is 7.06. The van der Waals surface area contributed by atoms with Gasteiger partial charge >= 0.3 is 6.18 Å². The zero-order valence-electron chi connectivity index (χ0n) is 18.2. The van der Waals surface area contributed by atoms with Crippen LogP contribution in [0.5, 0.6) is 0 Å². The molecule has 1 saturated carbocycles. The molecule has 1 spiro atoms. The maximum absolute atomic E-state index is 12.4. The summed E-state index contributed by atoms with van der Waals surface area (Å²) in [5, 5.41) is 9.92. The van der Waals surface area contributed by atoms with E-state index in [9.17, 15) is 21.6 Å². The van der Waals surface area contributed by atoms with Crippen LogP contribution >= 0.6 is 11.6 Å². The number of fused-ring (bicyclic) bond motifs is 1. The third-order valence-electron chi connectivity index (χ3n) is 5.94. The monoisotopic (exact) mass is 496 g/mol. The lowest BCUT2D eigenvalue weighted by Crippen LogP contribution is -2.67. The van der Waals surface area contributed by atoms with Crippen molar-refractivity contribution in [3.05, 3.63) is 23.1 Å². The summed E-state index contributed by atoms with van der Waals surface area (Å²) >= 11 is 6.19. The summed E-state index contributed by atoms with van der Waals surface area (Å²) in [5.41, 5.74) is 1.70. The molecule has 2 N–H and O–H groups in total. The van der Waals surface area contributed by atoms with E-state index in [-0.39, 0.29) is 24.4 Å². The van der Waals surface area contributed by atoms with Crippen LogP contribution in [0, 0.1) is 12.3 Å². The van der Waals surface area contributed by atoms with Crippen LogP contribution in [0.15, 0.2) is 12.4 Å². The minimum atomic E-state index is -4.32. The first-order valence-electron chi connectivity index (χ1n) is 10.5. The highest BCUT2D eigenvalue weighted by Gasteiger charge is 2.55. The van der Waals surface area contributed by atoms with Gasteiger partial charge in [0.2, 0.25) is 0 Å². The van der Waals surface area contributed by atoms with Gasteiger partial charge in [0.1, 0.15) is 17.0 Å². The Labute approximate surface area is 190 Å². The molecule has 2 aromatic rings. The normalized spacial score (nSPS) is 18.5. The van der Waals surface area contributed by atoms with E-state index < -0.39 is 22.8 Å². The molecule has 8 nitrogen and oxygen atoms in total. The van der Waals surface area contributed by atoms with Crippen LogP contribution < -0.4 is 10.0 Å². The van der Waals surface area contributed by atoms with E-state index in [1.54, 1.807) is 4.52 Å². The third kappa shape index (κ3) is 4.97. The van der Waals surface area contributed by atoms with Crippen molar-refractivity contribution >= 4 is 33.1 Å². The smallest absolute Gasteiger partial charge is 0.354 e. The number of hydrogen-bond acceptors (Lipinski definition) is 5. The van der Waals surface area contributed by atoms with Gasteiger partial charge in [-0.15, -0.1) is 0 Å². The molecule has 0 bridgehead atoms. The lowest BCUT2D eigenvalue weighted by atomic mass is 9.60. The molecular weight excluding hydrogens is 469 g/mol. The Bertz CT molecular complexity index is 1060. The summed E-state index contributed by atoms with van der Waals surface area (Å²) in [4.78, 5) is 6.47. The Kier molecular flexibility index (Phi) is 7.00. The number of aromatic nitrogens is 3. The number of anilines is 1. The largest absolute Gasteiger partial charge is 0.389 e. The molecule has 1 aliphatic heterocycles. The first-order valence-corrected chi connectivity index (χ1v) is 12.4. The van der Waals surface area contributed by atoms with Crippen molar-refractivity contribution in [2.45, 2.75) is 58.7 Å². The molecule has 0 radical (unpaired) electrons. The van der Waals surface area contributed by atoms with Crippen LogP contribution in [0.3, 0.4) is 0 Å². The van der Waals surface area contributed by atoms with Gasteiger partial charge in [-0.2, -0.15) is 31.0 Å². The SMILES string of the molecule is CC.Cc1cc(Cl)n2ncnc(N3CC4(CC(N(CCCC(F)(F)F)S(N)(=O)=O)C4)C3)c12. The first kappa shape index (κ1) is 25.0.